The molecule has 0 radical (unpaired) electrons. The van der Waals surface area contributed by atoms with Gasteiger partial charge in [0.2, 0.25) is 0 Å². The van der Waals surface area contributed by atoms with Gasteiger partial charge in [0.1, 0.15) is 10.1 Å². The van der Waals surface area contributed by atoms with Gasteiger partial charge >= 0.3 is 5.97 Å². The van der Waals surface area contributed by atoms with E-state index in [4.69, 9.17) is 16.3 Å². The molecule has 2 N–H and O–H groups in total. The van der Waals surface area contributed by atoms with Crippen molar-refractivity contribution in [3.05, 3.63) is 45.0 Å². The Hall–Kier alpha value is -2.31. The Morgan fingerprint density at radius 3 is 2.33 bits per heavy atom. The zero-order chi connectivity index (χ0) is 22.2. The van der Waals surface area contributed by atoms with Gasteiger partial charge in [-0.2, -0.15) is 0 Å². The molecule has 0 spiro atoms. The number of non-ortho nitro benzene ring substituents is 1. The van der Waals surface area contributed by atoms with Gasteiger partial charge in [0, 0.05) is 16.5 Å². The van der Waals surface area contributed by atoms with Crippen LogP contribution in [0.2, 0.25) is 5.02 Å². The maximum Gasteiger partial charge on any atom is 0.338 e. The summed E-state index contributed by atoms with van der Waals surface area (Å²) < 4.78 is 40.3. The number of carbonyl (C=O) groups is 1. The summed E-state index contributed by atoms with van der Waals surface area (Å²) in [6, 6.07) is 3.92. The summed E-state index contributed by atoms with van der Waals surface area (Å²) in [7, 11) is -5.10. The van der Waals surface area contributed by atoms with Gasteiger partial charge in [0.25, 0.3) is 5.69 Å². The number of ether oxygens (including phenoxy) is 1. The number of benzene rings is 2. The fraction of sp³-hybridized carbons (Fsp3) is 0.389. The number of aliphatic hydroxyl groups is 2. The number of hydrogen-bond donors (Lipinski definition) is 2. The SMILES string of the molecule is O=C(OCC1CC(O)CC(O)C1)c1cc(S(=O)(=O)[O-])c2cc(Cl)cc([N+](=O)[O-])c2c1. The number of rotatable bonds is 5. The third-order valence-corrected chi connectivity index (χ3v) is 5.98. The lowest BCUT2D eigenvalue weighted by molar-refractivity contribution is -0.383. The highest BCUT2D eigenvalue weighted by Gasteiger charge is 2.28. The second-order valence-corrected chi connectivity index (χ2v) is 8.97. The third-order valence-electron chi connectivity index (χ3n) is 4.88. The maximum absolute atomic E-state index is 12.5. The molecule has 0 aliphatic heterocycles. The Bertz CT molecular complexity index is 1110. The van der Waals surface area contributed by atoms with Crippen molar-refractivity contribution in [3.8, 4) is 0 Å². The quantitative estimate of drug-likeness (QED) is 0.294. The summed E-state index contributed by atoms with van der Waals surface area (Å²) >= 11 is 5.82. The molecular formula is C18H17ClNO9S-. The van der Waals surface area contributed by atoms with E-state index >= 15 is 0 Å². The largest absolute Gasteiger partial charge is 0.744 e. The van der Waals surface area contributed by atoms with E-state index in [1.165, 1.54) is 0 Å². The second-order valence-electron chi connectivity index (χ2n) is 7.18. The summed E-state index contributed by atoms with van der Waals surface area (Å²) in [5, 5.41) is 30.1. The standard InChI is InChI=1S/C18H18ClNO9S/c19-11-5-15-14(16(6-11)20(24)25)3-10(4-17(15)30(26,27)28)18(23)29-8-9-1-12(21)7-13(22)2-9/h3-6,9,12-13,21-22H,1-2,7-8H2,(H,26,27,28)/p-1. The number of hydrogen-bond acceptors (Lipinski definition) is 9. The molecule has 3 rings (SSSR count). The van der Waals surface area contributed by atoms with Crippen molar-refractivity contribution in [3.63, 3.8) is 0 Å². The van der Waals surface area contributed by atoms with Crippen LogP contribution >= 0.6 is 11.6 Å². The summed E-state index contributed by atoms with van der Waals surface area (Å²) in [5.41, 5.74) is -0.935. The van der Waals surface area contributed by atoms with Gasteiger partial charge in [0.15, 0.2) is 0 Å². The van der Waals surface area contributed by atoms with E-state index in [1.807, 2.05) is 0 Å². The van der Waals surface area contributed by atoms with Crippen LogP contribution < -0.4 is 0 Å². The van der Waals surface area contributed by atoms with E-state index in [-0.39, 0.29) is 40.3 Å². The Morgan fingerprint density at radius 1 is 1.13 bits per heavy atom. The van der Waals surface area contributed by atoms with E-state index in [9.17, 15) is 38.1 Å². The van der Waals surface area contributed by atoms with E-state index in [0.29, 0.717) is 12.8 Å². The molecule has 2 unspecified atom stereocenters. The van der Waals surface area contributed by atoms with Crippen LogP contribution in [-0.2, 0) is 14.9 Å². The first-order chi connectivity index (χ1) is 14.0. The number of aliphatic hydroxyl groups excluding tert-OH is 2. The number of carbonyl (C=O) groups excluding carboxylic acids is 1. The first-order valence-electron chi connectivity index (χ1n) is 8.86. The highest BCUT2D eigenvalue weighted by atomic mass is 35.5. The molecule has 10 nitrogen and oxygen atoms in total. The van der Waals surface area contributed by atoms with Crippen LogP contribution in [0.4, 0.5) is 5.69 Å². The normalized spacial score (nSPS) is 22.1. The number of esters is 1. The molecule has 2 aromatic carbocycles. The van der Waals surface area contributed by atoms with Crippen LogP contribution in [0.1, 0.15) is 29.6 Å². The predicted octanol–water partition coefficient (Wildman–Crippen LogP) is 1.98. The molecule has 0 heterocycles. The molecule has 1 aliphatic rings. The van der Waals surface area contributed by atoms with E-state index in [2.05, 4.69) is 0 Å². The highest BCUT2D eigenvalue weighted by molar-refractivity contribution is 7.86. The Kier molecular flexibility index (Phi) is 6.29. The van der Waals surface area contributed by atoms with Gasteiger partial charge < -0.3 is 19.5 Å². The summed E-state index contributed by atoms with van der Waals surface area (Å²) in [6.45, 7) is -0.160. The monoisotopic (exact) mass is 458 g/mol. The molecular weight excluding hydrogens is 442 g/mol. The fourth-order valence-electron chi connectivity index (χ4n) is 3.64. The van der Waals surface area contributed by atoms with Gasteiger partial charge in [-0.15, -0.1) is 0 Å². The van der Waals surface area contributed by atoms with Crippen LogP contribution in [0.3, 0.4) is 0 Å². The van der Waals surface area contributed by atoms with Crippen molar-refractivity contribution in [1.29, 1.82) is 0 Å². The maximum atomic E-state index is 12.5. The van der Waals surface area contributed by atoms with E-state index in [0.717, 1.165) is 24.3 Å². The zero-order valence-corrected chi connectivity index (χ0v) is 16.9. The first-order valence-corrected chi connectivity index (χ1v) is 10.6. The molecule has 1 aliphatic carbocycles. The number of fused-ring (bicyclic) bond motifs is 1. The Morgan fingerprint density at radius 2 is 1.77 bits per heavy atom. The van der Waals surface area contributed by atoms with Crippen molar-refractivity contribution in [2.75, 3.05) is 6.61 Å². The van der Waals surface area contributed by atoms with E-state index in [1.54, 1.807) is 0 Å². The van der Waals surface area contributed by atoms with Crippen LogP contribution in [0.15, 0.2) is 29.2 Å². The topological polar surface area (TPSA) is 167 Å². The van der Waals surface area contributed by atoms with Crippen LogP contribution in [0.25, 0.3) is 10.8 Å². The number of halogens is 1. The van der Waals surface area contributed by atoms with Crippen molar-refractivity contribution >= 4 is 44.1 Å². The lowest BCUT2D eigenvalue weighted by atomic mass is 9.86. The van der Waals surface area contributed by atoms with Gasteiger partial charge in [0.05, 0.1) is 39.6 Å². The molecule has 12 heteroatoms. The predicted molar refractivity (Wildman–Crippen MR) is 103 cm³/mol. The van der Waals surface area contributed by atoms with Crippen LogP contribution in [-0.4, -0.2) is 52.9 Å². The minimum absolute atomic E-state index is 0.149. The first kappa shape index (κ1) is 22.4. The lowest BCUT2D eigenvalue weighted by Gasteiger charge is -2.29. The molecule has 0 bridgehead atoms. The zero-order valence-electron chi connectivity index (χ0n) is 15.4. The summed E-state index contributed by atoms with van der Waals surface area (Å²) in [6.07, 6.45) is -0.615. The average molecular weight is 459 g/mol. The third kappa shape index (κ3) is 4.87. The molecule has 0 amide bonds. The number of nitro groups is 1. The molecule has 1 fully saturated rings. The van der Waals surface area contributed by atoms with Crippen molar-refractivity contribution < 1.29 is 37.6 Å². The minimum atomic E-state index is -5.10. The minimum Gasteiger partial charge on any atom is -0.744 e. The van der Waals surface area contributed by atoms with Gasteiger partial charge in [-0.25, -0.2) is 13.2 Å². The Balaban J connectivity index is 1.99. The average Bonchev–Trinajstić information content (AvgIpc) is 2.63. The number of nitro benzene ring substituents is 1. The molecule has 30 heavy (non-hydrogen) atoms. The van der Waals surface area contributed by atoms with E-state index < -0.39 is 43.8 Å². The smallest absolute Gasteiger partial charge is 0.338 e. The Labute approximate surface area is 175 Å². The van der Waals surface area contributed by atoms with Gasteiger partial charge in [-0.1, -0.05) is 11.6 Å². The molecule has 1 saturated carbocycles. The molecule has 2 aromatic rings. The van der Waals surface area contributed by atoms with Gasteiger partial charge in [-0.3, -0.25) is 10.1 Å². The molecule has 2 atom stereocenters. The van der Waals surface area contributed by atoms with Crippen LogP contribution in [0, 0.1) is 16.0 Å². The summed E-state index contributed by atoms with van der Waals surface area (Å²) in [4.78, 5) is 22.2. The highest BCUT2D eigenvalue weighted by Crippen LogP contribution is 2.35. The second kappa shape index (κ2) is 8.44. The van der Waals surface area contributed by atoms with Crippen molar-refractivity contribution in [2.24, 2.45) is 5.92 Å². The van der Waals surface area contributed by atoms with Crippen LogP contribution in [0.5, 0.6) is 0 Å². The van der Waals surface area contributed by atoms with Gasteiger partial charge in [-0.05, 0) is 43.4 Å². The molecule has 162 valence electrons. The summed E-state index contributed by atoms with van der Waals surface area (Å²) in [5.74, 6) is -1.32. The fourth-order valence-corrected chi connectivity index (χ4v) is 4.56. The lowest BCUT2D eigenvalue weighted by Crippen LogP contribution is -2.32. The van der Waals surface area contributed by atoms with Crippen molar-refractivity contribution in [2.45, 2.75) is 36.4 Å². The van der Waals surface area contributed by atoms with Crippen molar-refractivity contribution in [1.82, 2.24) is 0 Å². The number of nitrogens with zero attached hydrogens (tertiary/aromatic N) is 1. The molecule has 0 saturated heterocycles. The molecule has 0 aromatic heterocycles.